The van der Waals surface area contributed by atoms with Crippen LogP contribution < -0.4 is 4.74 Å². The van der Waals surface area contributed by atoms with Gasteiger partial charge in [0.05, 0.1) is 12.1 Å². The molecule has 0 spiro atoms. The Balaban J connectivity index is 3.02. The van der Waals surface area contributed by atoms with Crippen LogP contribution in [0.1, 0.15) is 17.7 Å². The molecule has 1 nitrogen and oxygen atoms in total. The third-order valence-corrected chi connectivity index (χ3v) is 2.25. The largest absolute Gasteiger partial charge is 0.495 e. The highest BCUT2D eigenvalue weighted by Crippen LogP contribution is 2.29. The predicted octanol–water partition coefficient (Wildman–Crippen LogP) is 3.34. The molecule has 1 aromatic carbocycles. The molecule has 66 valence electrons. The number of rotatable bonds is 2. The van der Waals surface area contributed by atoms with Crippen molar-refractivity contribution in [1.82, 2.24) is 0 Å². The zero-order chi connectivity index (χ0) is 9.14. The van der Waals surface area contributed by atoms with E-state index in [2.05, 4.69) is 12.6 Å². The third kappa shape index (κ3) is 2.08. The summed E-state index contributed by atoms with van der Waals surface area (Å²) in [5.74, 6) is 0.703. The fourth-order valence-electron chi connectivity index (χ4n) is 0.942. The molecule has 0 saturated carbocycles. The minimum Gasteiger partial charge on any atom is -0.495 e. The van der Waals surface area contributed by atoms with E-state index >= 15 is 0 Å². The van der Waals surface area contributed by atoms with Crippen LogP contribution >= 0.6 is 24.2 Å². The molecule has 0 radical (unpaired) electrons. The fraction of sp³-hybridized carbons (Fsp3) is 0.333. The Kier molecular flexibility index (Phi) is 3.29. The number of methoxy groups -OCH3 is 1. The zero-order valence-corrected chi connectivity index (χ0v) is 8.69. The van der Waals surface area contributed by atoms with E-state index in [-0.39, 0.29) is 5.25 Å². The van der Waals surface area contributed by atoms with Gasteiger partial charge in [0.25, 0.3) is 0 Å². The molecule has 0 heterocycles. The van der Waals surface area contributed by atoms with E-state index in [1.807, 2.05) is 25.1 Å². The topological polar surface area (TPSA) is 9.23 Å². The highest BCUT2D eigenvalue weighted by molar-refractivity contribution is 7.80. The van der Waals surface area contributed by atoms with Crippen LogP contribution in [0.5, 0.6) is 5.75 Å². The lowest BCUT2D eigenvalue weighted by Gasteiger charge is -2.07. The average Bonchev–Trinajstić information content (AvgIpc) is 2.04. The summed E-state index contributed by atoms with van der Waals surface area (Å²) in [4.78, 5) is 0. The lowest BCUT2D eigenvalue weighted by Crippen LogP contribution is -1.87. The van der Waals surface area contributed by atoms with Crippen LogP contribution in [0.4, 0.5) is 0 Å². The molecule has 1 aromatic rings. The summed E-state index contributed by atoms with van der Waals surface area (Å²) in [5.41, 5.74) is 1.10. The van der Waals surface area contributed by atoms with E-state index < -0.39 is 0 Å². The van der Waals surface area contributed by atoms with Gasteiger partial charge in [-0.05, 0) is 24.6 Å². The van der Waals surface area contributed by atoms with Crippen molar-refractivity contribution in [2.24, 2.45) is 0 Å². The monoisotopic (exact) mass is 202 g/mol. The Hall–Kier alpha value is -0.340. The van der Waals surface area contributed by atoms with Crippen LogP contribution in [0.15, 0.2) is 18.2 Å². The average molecular weight is 203 g/mol. The van der Waals surface area contributed by atoms with Gasteiger partial charge in [-0.1, -0.05) is 17.7 Å². The van der Waals surface area contributed by atoms with Crippen LogP contribution in [-0.4, -0.2) is 7.11 Å². The molecule has 0 aromatic heterocycles. The summed E-state index contributed by atoms with van der Waals surface area (Å²) in [6.07, 6.45) is 0. The molecule has 0 aliphatic carbocycles. The van der Waals surface area contributed by atoms with Crippen molar-refractivity contribution in [3.63, 3.8) is 0 Å². The van der Waals surface area contributed by atoms with E-state index in [1.165, 1.54) is 0 Å². The number of halogens is 1. The lowest BCUT2D eigenvalue weighted by atomic mass is 10.1. The Morgan fingerprint density at radius 1 is 1.50 bits per heavy atom. The van der Waals surface area contributed by atoms with E-state index in [1.54, 1.807) is 7.11 Å². The van der Waals surface area contributed by atoms with Gasteiger partial charge in [-0.15, -0.1) is 0 Å². The maximum absolute atomic E-state index is 5.91. The molecular weight excluding hydrogens is 192 g/mol. The zero-order valence-electron chi connectivity index (χ0n) is 7.04. The number of thiol groups is 1. The predicted molar refractivity (Wildman–Crippen MR) is 55.4 cm³/mol. The molecule has 0 aliphatic rings. The van der Waals surface area contributed by atoms with Crippen molar-refractivity contribution in [3.05, 3.63) is 28.8 Å². The number of hydrogen-bond acceptors (Lipinski definition) is 2. The second-order valence-electron chi connectivity index (χ2n) is 2.57. The Labute approximate surface area is 83.1 Å². The standard InChI is InChI=1S/C9H11ClOS/c1-6(12)7-3-4-9(11-2)8(10)5-7/h3-6,12H,1-2H3. The molecule has 3 heteroatoms. The van der Waals surface area contributed by atoms with E-state index in [0.717, 1.165) is 5.56 Å². The van der Waals surface area contributed by atoms with E-state index in [4.69, 9.17) is 16.3 Å². The Morgan fingerprint density at radius 2 is 2.17 bits per heavy atom. The summed E-state index contributed by atoms with van der Waals surface area (Å²) >= 11 is 10.2. The molecule has 0 N–H and O–H groups in total. The molecular formula is C9H11ClOS. The van der Waals surface area contributed by atoms with Crippen molar-refractivity contribution >= 4 is 24.2 Å². The van der Waals surface area contributed by atoms with Gasteiger partial charge >= 0.3 is 0 Å². The molecule has 1 unspecified atom stereocenters. The summed E-state index contributed by atoms with van der Waals surface area (Å²) < 4.78 is 5.02. The van der Waals surface area contributed by atoms with Crippen LogP contribution in [0.3, 0.4) is 0 Å². The van der Waals surface area contributed by atoms with Crippen molar-refractivity contribution in [1.29, 1.82) is 0 Å². The summed E-state index contributed by atoms with van der Waals surface area (Å²) in [6, 6.07) is 5.69. The Morgan fingerprint density at radius 3 is 2.58 bits per heavy atom. The minimum absolute atomic E-state index is 0.202. The first kappa shape index (κ1) is 9.75. The van der Waals surface area contributed by atoms with Gasteiger partial charge < -0.3 is 4.74 Å². The second kappa shape index (κ2) is 4.06. The summed E-state index contributed by atoms with van der Waals surface area (Å²) in [5, 5.41) is 0.837. The highest BCUT2D eigenvalue weighted by atomic mass is 35.5. The van der Waals surface area contributed by atoms with Gasteiger partial charge in [-0.2, -0.15) is 12.6 Å². The van der Waals surface area contributed by atoms with Gasteiger partial charge in [-0.25, -0.2) is 0 Å². The maximum Gasteiger partial charge on any atom is 0.137 e. The number of ether oxygens (including phenoxy) is 1. The minimum atomic E-state index is 0.202. The van der Waals surface area contributed by atoms with Crippen LogP contribution in [0, 0.1) is 0 Å². The van der Waals surface area contributed by atoms with Gasteiger partial charge in [-0.3, -0.25) is 0 Å². The molecule has 0 fully saturated rings. The van der Waals surface area contributed by atoms with Crippen LogP contribution in [0.25, 0.3) is 0 Å². The third-order valence-electron chi connectivity index (χ3n) is 1.66. The lowest BCUT2D eigenvalue weighted by molar-refractivity contribution is 0.415. The normalized spacial score (nSPS) is 12.7. The van der Waals surface area contributed by atoms with Crippen molar-refractivity contribution in [2.75, 3.05) is 7.11 Å². The maximum atomic E-state index is 5.91. The van der Waals surface area contributed by atoms with Crippen LogP contribution in [-0.2, 0) is 0 Å². The van der Waals surface area contributed by atoms with E-state index in [0.29, 0.717) is 10.8 Å². The molecule has 0 saturated heterocycles. The smallest absolute Gasteiger partial charge is 0.137 e. The first-order chi connectivity index (χ1) is 5.65. The van der Waals surface area contributed by atoms with Crippen LogP contribution in [0.2, 0.25) is 5.02 Å². The molecule has 1 rings (SSSR count). The molecule has 0 amide bonds. The summed E-state index contributed by atoms with van der Waals surface area (Å²) in [7, 11) is 1.60. The fourth-order valence-corrected chi connectivity index (χ4v) is 1.37. The molecule has 12 heavy (non-hydrogen) atoms. The molecule has 1 atom stereocenters. The first-order valence-corrected chi connectivity index (χ1v) is 4.56. The quantitative estimate of drug-likeness (QED) is 0.724. The number of hydrogen-bond donors (Lipinski definition) is 1. The SMILES string of the molecule is COc1ccc(C(C)S)cc1Cl. The van der Waals surface area contributed by atoms with Crippen molar-refractivity contribution in [3.8, 4) is 5.75 Å². The highest BCUT2D eigenvalue weighted by Gasteiger charge is 2.04. The van der Waals surface area contributed by atoms with E-state index in [9.17, 15) is 0 Å². The van der Waals surface area contributed by atoms with Gasteiger partial charge in [0.2, 0.25) is 0 Å². The number of benzene rings is 1. The van der Waals surface area contributed by atoms with Crippen molar-refractivity contribution in [2.45, 2.75) is 12.2 Å². The summed E-state index contributed by atoms with van der Waals surface area (Å²) in [6.45, 7) is 2.00. The molecule has 0 aliphatic heterocycles. The van der Waals surface area contributed by atoms with Gasteiger partial charge in [0.1, 0.15) is 5.75 Å². The van der Waals surface area contributed by atoms with Crippen molar-refractivity contribution < 1.29 is 4.74 Å². The Bertz CT molecular complexity index is 273. The van der Waals surface area contributed by atoms with Gasteiger partial charge in [0.15, 0.2) is 0 Å². The molecule has 0 bridgehead atoms. The first-order valence-electron chi connectivity index (χ1n) is 3.66. The second-order valence-corrected chi connectivity index (χ2v) is 3.75. The van der Waals surface area contributed by atoms with Gasteiger partial charge in [0, 0.05) is 5.25 Å².